The first-order valence-electron chi connectivity index (χ1n) is 8.22. The van der Waals surface area contributed by atoms with Gasteiger partial charge in [0.25, 0.3) is 0 Å². The predicted molar refractivity (Wildman–Crippen MR) is 101 cm³/mol. The van der Waals surface area contributed by atoms with Crippen molar-refractivity contribution in [3.63, 3.8) is 0 Å². The number of thiocarbonyl (C=S) groups is 1. The van der Waals surface area contributed by atoms with Crippen LogP contribution in [0.4, 0.5) is 0 Å². The van der Waals surface area contributed by atoms with Gasteiger partial charge in [0.15, 0.2) is 5.78 Å². The summed E-state index contributed by atoms with van der Waals surface area (Å²) in [5, 5.41) is -0.301. The van der Waals surface area contributed by atoms with Gasteiger partial charge in [0.05, 0.1) is 23.1 Å². The summed E-state index contributed by atoms with van der Waals surface area (Å²) < 4.78 is 5.85. The highest BCUT2D eigenvalue weighted by Gasteiger charge is 2.27. The van der Waals surface area contributed by atoms with Gasteiger partial charge in [-0.25, -0.2) is 4.79 Å². The first kappa shape index (κ1) is 19.0. The zero-order valence-corrected chi connectivity index (χ0v) is 16.2. The SMILES string of the molecule is CCOC(=O)c1c(C)[nH]c(C(=O)[C@@H](C)SC(=S)N2CCCC2)c1C. The molecule has 0 amide bonds. The molecule has 0 unspecified atom stereocenters. The summed E-state index contributed by atoms with van der Waals surface area (Å²) in [4.78, 5) is 30.0. The van der Waals surface area contributed by atoms with Gasteiger partial charge in [0.2, 0.25) is 0 Å². The number of aromatic amines is 1. The van der Waals surface area contributed by atoms with Gasteiger partial charge in [-0.15, -0.1) is 0 Å². The van der Waals surface area contributed by atoms with Crippen molar-refractivity contribution in [2.75, 3.05) is 19.7 Å². The lowest BCUT2D eigenvalue weighted by atomic mass is 10.1. The molecule has 0 radical (unpaired) electrons. The summed E-state index contributed by atoms with van der Waals surface area (Å²) in [6.45, 7) is 9.43. The molecule has 1 aliphatic heterocycles. The number of esters is 1. The summed E-state index contributed by atoms with van der Waals surface area (Å²) >= 11 is 6.87. The van der Waals surface area contributed by atoms with Crippen LogP contribution in [0.25, 0.3) is 0 Å². The lowest BCUT2D eigenvalue weighted by Crippen LogP contribution is -2.27. The average molecular weight is 369 g/mol. The fourth-order valence-electron chi connectivity index (χ4n) is 2.89. The van der Waals surface area contributed by atoms with Crippen molar-refractivity contribution in [2.45, 2.75) is 45.8 Å². The molecular weight excluding hydrogens is 344 g/mol. The van der Waals surface area contributed by atoms with E-state index in [9.17, 15) is 9.59 Å². The second-order valence-corrected chi connectivity index (χ2v) is 7.90. The standard InChI is InChI=1S/C17H24N2O3S2/c1-5-22-16(21)13-10(2)14(18-11(13)3)15(20)12(4)24-17(23)19-8-6-7-9-19/h12,18H,5-9H2,1-4H3/t12-/m1/s1. The number of nitrogens with zero attached hydrogens (tertiary/aromatic N) is 1. The number of rotatable bonds is 5. The quantitative estimate of drug-likeness (QED) is 0.488. The number of ketones is 1. The van der Waals surface area contributed by atoms with E-state index in [1.165, 1.54) is 11.8 Å². The molecule has 0 aliphatic carbocycles. The summed E-state index contributed by atoms with van der Waals surface area (Å²) in [7, 11) is 0. The molecule has 1 aromatic heterocycles. The van der Waals surface area contributed by atoms with Gasteiger partial charge >= 0.3 is 5.97 Å². The summed E-state index contributed by atoms with van der Waals surface area (Å²) in [5.41, 5.74) is 2.24. The van der Waals surface area contributed by atoms with E-state index >= 15 is 0 Å². The predicted octanol–water partition coefficient (Wildman–Crippen LogP) is 3.49. The van der Waals surface area contributed by atoms with E-state index in [2.05, 4.69) is 9.88 Å². The Kier molecular flexibility index (Phi) is 6.46. The summed E-state index contributed by atoms with van der Waals surface area (Å²) in [6, 6.07) is 0. The average Bonchev–Trinajstić information content (AvgIpc) is 3.15. The highest BCUT2D eigenvalue weighted by Crippen LogP contribution is 2.26. The van der Waals surface area contributed by atoms with Crippen molar-refractivity contribution >= 4 is 40.1 Å². The van der Waals surface area contributed by atoms with Crippen LogP contribution in [0.5, 0.6) is 0 Å². The first-order chi connectivity index (χ1) is 11.4. The van der Waals surface area contributed by atoms with Crippen LogP contribution in [-0.4, -0.2) is 50.9 Å². The largest absolute Gasteiger partial charge is 0.462 e. The van der Waals surface area contributed by atoms with Gasteiger partial charge in [-0.2, -0.15) is 0 Å². The van der Waals surface area contributed by atoms with E-state index in [0.717, 1.165) is 30.3 Å². The zero-order valence-electron chi connectivity index (χ0n) is 14.6. The molecule has 1 aromatic rings. The molecule has 5 nitrogen and oxygen atoms in total. The maximum Gasteiger partial charge on any atom is 0.340 e. The molecule has 24 heavy (non-hydrogen) atoms. The molecule has 0 spiro atoms. The van der Waals surface area contributed by atoms with Crippen molar-refractivity contribution in [2.24, 2.45) is 0 Å². The molecule has 132 valence electrons. The van der Waals surface area contributed by atoms with Crippen LogP contribution < -0.4 is 0 Å². The normalized spacial score (nSPS) is 15.4. The Labute approximate surface area is 152 Å². The molecular formula is C17H24N2O3S2. The Hall–Kier alpha value is -1.34. The number of hydrogen-bond acceptors (Lipinski definition) is 5. The number of likely N-dealkylation sites (tertiary alicyclic amines) is 1. The van der Waals surface area contributed by atoms with E-state index in [1.54, 1.807) is 20.8 Å². The van der Waals surface area contributed by atoms with Gasteiger partial charge in [-0.1, -0.05) is 24.0 Å². The lowest BCUT2D eigenvalue weighted by molar-refractivity contribution is 0.0525. The Morgan fingerprint density at radius 1 is 1.33 bits per heavy atom. The van der Waals surface area contributed by atoms with Gasteiger partial charge in [0, 0.05) is 18.8 Å². The van der Waals surface area contributed by atoms with E-state index in [0.29, 0.717) is 29.1 Å². The minimum atomic E-state index is -0.393. The van der Waals surface area contributed by atoms with Crippen LogP contribution in [0.2, 0.25) is 0 Å². The van der Waals surface area contributed by atoms with Crippen LogP contribution in [0.1, 0.15) is 58.8 Å². The molecule has 0 bridgehead atoms. The van der Waals surface area contributed by atoms with Crippen molar-refractivity contribution in [3.8, 4) is 0 Å². The van der Waals surface area contributed by atoms with E-state index < -0.39 is 5.97 Å². The van der Waals surface area contributed by atoms with Crippen molar-refractivity contribution in [1.82, 2.24) is 9.88 Å². The van der Waals surface area contributed by atoms with Crippen LogP contribution in [0.3, 0.4) is 0 Å². The molecule has 1 saturated heterocycles. The number of H-pyrrole nitrogens is 1. The number of aromatic nitrogens is 1. The third-order valence-corrected chi connectivity index (χ3v) is 5.75. The number of hydrogen-bond donors (Lipinski definition) is 1. The molecule has 2 heterocycles. The molecule has 0 aromatic carbocycles. The van der Waals surface area contributed by atoms with E-state index in [-0.39, 0.29) is 11.0 Å². The van der Waals surface area contributed by atoms with E-state index in [4.69, 9.17) is 17.0 Å². The van der Waals surface area contributed by atoms with Gasteiger partial charge in [-0.05, 0) is 46.1 Å². The Balaban J connectivity index is 2.12. The summed E-state index contributed by atoms with van der Waals surface area (Å²) in [6.07, 6.45) is 2.31. The second-order valence-electron chi connectivity index (χ2n) is 5.93. The fraction of sp³-hybridized carbons (Fsp3) is 0.588. The van der Waals surface area contributed by atoms with Crippen LogP contribution in [-0.2, 0) is 4.74 Å². The zero-order chi connectivity index (χ0) is 17.9. The number of carbonyl (C=O) groups is 2. The van der Waals surface area contributed by atoms with Gasteiger partial charge < -0.3 is 14.6 Å². The van der Waals surface area contributed by atoms with Gasteiger partial charge in [-0.3, -0.25) is 4.79 Å². The Morgan fingerprint density at radius 2 is 1.96 bits per heavy atom. The number of carbonyl (C=O) groups excluding carboxylic acids is 2. The minimum Gasteiger partial charge on any atom is -0.462 e. The third kappa shape index (κ3) is 4.00. The number of nitrogens with one attached hydrogen (secondary N) is 1. The Morgan fingerprint density at radius 3 is 2.54 bits per heavy atom. The van der Waals surface area contributed by atoms with Crippen molar-refractivity contribution in [1.29, 1.82) is 0 Å². The molecule has 1 atom stereocenters. The number of Topliss-reactive ketones (excluding diaryl/α,β-unsaturated/α-hetero) is 1. The van der Waals surface area contributed by atoms with Crippen molar-refractivity contribution < 1.29 is 14.3 Å². The molecule has 1 N–H and O–H groups in total. The molecule has 1 fully saturated rings. The maximum atomic E-state index is 12.8. The second kappa shape index (κ2) is 8.16. The number of aryl methyl sites for hydroxylation is 1. The lowest BCUT2D eigenvalue weighted by Gasteiger charge is -2.20. The number of thioether (sulfide) groups is 1. The Bertz CT molecular complexity index is 649. The van der Waals surface area contributed by atoms with Gasteiger partial charge in [0.1, 0.15) is 4.32 Å². The van der Waals surface area contributed by atoms with Crippen LogP contribution >= 0.6 is 24.0 Å². The van der Waals surface area contributed by atoms with Crippen LogP contribution in [0.15, 0.2) is 0 Å². The highest BCUT2D eigenvalue weighted by molar-refractivity contribution is 8.23. The number of ether oxygens (including phenoxy) is 1. The minimum absolute atomic E-state index is 0.0438. The molecule has 1 aliphatic rings. The molecule has 0 saturated carbocycles. The first-order valence-corrected chi connectivity index (χ1v) is 9.51. The third-order valence-electron chi connectivity index (χ3n) is 4.17. The molecule has 7 heteroatoms. The monoisotopic (exact) mass is 368 g/mol. The van der Waals surface area contributed by atoms with Crippen molar-refractivity contribution in [3.05, 3.63) is 22.5 Å². The fourth-order valence-corrected chi connectivity index (χ4v) is 4.36. The summed E-state index contributed by atoms with van der Waals surface area (Å²) in [5.74, 6) is -0.437. The van der Waals surface area contributed by atoms with Crippen LogP contribution in [0, 0.1) is 13.8 Å². The topological polar surface area (TPSA) is 62.4 Å². The molecule has 2 rings (SSSR count). The maximum absolute atomic E-state index is 12.8. The highest BCUT2D eigenvalue weighted by atomic mass is 32.2. The van der Waals surface area contributed by atoms with E-state index in [1.807, 2.05) is 6.92 Å². The smallest absolute Gasteiger partial charge is 0.340 e.